The Morgan fingerprint density at radius 1 is 1.50 bits per heavy atom. The fraction of sp³-hybridized carbons (Fsp3) is 0.300. The fourth-order valence-corrected chi connectivity index (χ4v) is 1.31. The highest BCUT2D eigenvalue weighted by Crippen LogP contribution is 1.92. The zero-order valence-electron chi connectivity index (χ0n) is 8.76. The molecule has 0 radical (unpaired) electrons. The second-order valence-corrected chi connectivity index (χ2v) is 3.38. The molecule has 0 spiro atoms. The highest BCUT2D eigenvalue weighted by atomic mass is 16.1. The van der Waals surface area contributed by atoms with Crippen molar-refractivity contribution in [1.29, 1.82) is 0 Å². The third kappa shape index (κ3) is 2.94. The molecule has 0 aromatic carbocycles. The van der Waals surface area contributed by atoms with Gasteiger partial charge in [-0.15, -0.1) is 0 Å². The monoisotopic (exact) mass is 219 g/mol. The van der Waals surface area contributed by atoms with E-state index in [-0.39, 0.29) is 5.91 Å². The first-order valence-corrected chi connectivity index (χ1v) is 5.07. The quantitative estimate of drug-likeness (QED) is 0.760. The molecule has 0 unspecified atom stereocenters. The Hall–Kier alpha value is -2.11. The van der Waals surface area contributed by atoms with Crippen LogP contribution in [0.4, 0.5) is 0 Å². The molecular formula is C10H13N5O. The van der Waals surface area contributed by atoms with Gasteiger partial charge in [0.05, 0.1) is 12.2 Å². The number of rotatable bonds is 5. The number of hydrogen-bond acceptors (Lipinski definition) is 3. The molecule has 0 bridgehead atoms. The number of carbonyl (C=O) groups excluding carboxylic acids is 1. The van der Waals surface area contributed by atoms with Gasteiger partial charge in [0.2, 0.25) is 5.91 Å². The van der Waals surface area contributed by atoms with Crippen LogP contribution in [0.3, 0.4) is 0 Å². The summed E-state index contributed by atoms with van der Waals surface area (Å²) in [6.07, 6.45) is 5.62. The molecule has 2 aromatic rings. The van der Waals surface area contributed by atoms with Gasteiger partial charge in [0.15, 0.2) is 0 Å². The number of nitrogens with zero attached hydrogens (tertiary/aromatic N) is 3. The molecule has 0 fully saturated rings. The van der Waals surface area contributed by atoms with Crippen LogP contribution in [0.5, 0.6) is 0 Å². The first-order valence-electron chi connectivity index (χ1n) is 5.07. The van der Waals surface area contributed by atoms with E-state index in [2.05, 4.69) is 20.6 Å². The molecule has 6 heteroatoms. The lowest BCUT2D eigenvalue weighted by molar-refractivity contribution is -0.121. The summed E-state index contributed by atoms with van der Waals surface area (Å²) >= 11 is 0. The van der Waals surface area contributed by atoms with Crippen LogP contribution in [0.25, 0.3) is 0 Å². The van der Waals surface area contributed by atoms with Crippen molar-refractivity contribution in [1.82, 2.24) is 25.3 Å². The van der Waals surface area contributed by atoms with Gasteiger partial charge in [0.25, 0.3) is 0 Å². The fourth-order valence-electron chi connectivity index (χ4n) is 1.31. The van der Waals surface area contributed by atoms with E-state index in [1.54, 1.807) is 17.1 Å². The molecule has 2 aromatic heterocycles. The van der Waals surface area contributed by atoms with Crippen LogP contribution in [0.2, 0.25) is 0 Å². The van der Waals surface area contributed by atoms with Gasteiger partial charge in [0, 0.05) is 31.6 Å². The van der Waals surface area contributed by atoms with Gasteiger partial charge in [-0.05, 0) is 12.1 Å². The van der Waals surface area contributed by atoms with Gasteiger partial charge in [-0.25, -0.2) is 0 Å². The van der Waals surface area contributed by atoms with E-state index in [0.29, 0.717) is 19.5 Å². The molecule has 2 N–H and O–H groups in total. The summed E-state index contributed by atoms with van der Waals surface area (Å²) in [7, 11) is 0. The van der Waals surface area contributed by atoms with Crippen molar-refractivity contribution in [3.05, 3.63) is 36.4 Å². The van der Waals surface area contributed by atoms with Crippen molar-refractivity contribution >= 4 is 5.91 Å². The van der Waals surface area contributed by atoms with Gasteiger partial charge >= 0.3 is 0 Å². The summed E-state index contributed by atoms with van der Waals surface area (Å²) < 4.78 is 1.73. The second-order valence-electron chi connectivity index (χ2n) is 3.38. The average molecular weight is 219 g/mol. The minimum absolute atomic E-state index is 0.00472. The van der Waals surface area contributed by atoms with E-state index in [1.165, 1.54) is 0 Å². The number of aromatic amines is 1. The molecule has 6 nitrogen and oxygen atoms in total. The molecule has 0 saturated carbocycles. The Morgan fingerprint density at radius 2 is 2.44 bits per heavy atom. The number of H-pyrrole nitrogens is 1. The summed E-state index contributed by atoms with van der Waals surface area (Å²) in [6.45, 7) is 1.08. The molecule has 0 aliphatic carbocycles. The Balaban J connectivity index is 1.69. The average Bonchev–Trinajstić information content (AvgIpc) is 2.96. The SMILES string of the molecule is O=C(CCn1cccn1)NCc1ccn[nH]1. The maximum Gasteiger partial charge on any atom is 0.222 e. The van der Waals surface area contributed by atoms with Crippen LogP contribution < -0.4 is 5.32 Å². The standard InChI is InChI=1S/C10H13N5O/c16-10(3-7-15-6-1-4-13-15)11-8-9-2-5-12-14-9/h1-2,4-6H,3,7-8H2,(H,11,16)(H,12,14). The van der Waals surface area contributed by atoms with Crippen LogP contribution in [-0.4, -0.2) is 25.9 Å². The zero-order chi connectivity index (χ0) is 11.2. The van der Waals surface area contributed by atoms with Crippen molar-refractivity contribution in [3.63, 3.8) is 0 Å². The first-order chi connectivity index (χ1) is 7.84. The van der Waals surface area contributed by atoms with Gasteiger partial charge in [-0.2, -0.15) is 10.2 Å². The predicted octanol–water partition coefficient (Wildman–Crippen LogP) is 0.313. The van der Waals surface area contributed by atoms with Gasteiger partial charge in [0.1, 0.15) is 0 Å². The third-order valence-corrected chi connectivity index (χ3v) is 2.16. The van der Waals surface area contributed by atoms with Crippen LogP contribution in [0.1, 0.15) is 12.1 Å². The van der Waals surface area contributed by atoms with Crippen molar-refractivity contribution in [3.8, 4) is 0 Å². The van der Waals surface area contributed by atoms with Gasteiger partial charge < -0.3 is 5.32 Å². The number of carbonyl (C=O) groups is 1. The molecule has 0 aliphatic rings. The Morgan fingerprint density at radius 3 is 3.12 bits per heavy atom. The molecule has 0 aliphatic heterocycles. The summed E-state index contributed by atoms with van der Waals surface area (Å²) in [5.41, 5.74) is 0.896. The number of hydrogen-bond donors (Lipinski definition) is 2. The maximum absolute atomic E-state index is 11.4. The van der Waals surface area contributed by atoms with E-state index < -0.39 is 0 Å². The van der Waals surface area contributed by atoms with Gasteiger partial charge in [-0.1, -0.05) is 0 Å². The largest absolute Gasteiger partial charge is 0.350 e. The topological polar surface area (TPSA) is 75.6 Å². The smallest absolute Gasteiger partial charge is 0.222 e. The summed E-state index contributed by atoms with van der Waals surface area (Å²) in [4.78, 5) is 11.4. The van der Waals surface area contributed by atoms with E-state index >= 15 is 0 Å². The van der Waals surface area contributed by atoms with Crippen molar-refractivity contribution in [2.45, 2.75) is 19.5 Å². The molecule has 0 atom stereocenters. The lowest BCUT2D eigenvalue weighted by Crippen LogP contribution is -2.24. The van der Waals surface area contributed by atoms with Crippen LogP contribution in [0.15, 0.2) is 30.7 Å². The molecule has 2 rings (SSSR count). The minimum Gasteiger partial charge on any atom is -0.350 e. The summed E-state index contributed by atoms with van der Waals surface area (Å²) in [5.74, 6) is 0.00472. The zero-order valence-corrected chi connectivity index (χ0v) is 8.76. The number of nitrogens with one attached hydrogen (secondary N) is 2. The number of amides is 1. The second kappa shape index (κ2) is 5.11. The van der Waals surface area contributed by atoms with E-state index in [0.717, 1.165) is 5.69 Å². The molecule has 84 valence electrons. The lowest BCUT2D eigenvalue weighted by atomic mass is 10.3. The Bertz CT molecular complexity index is 380. The molecule has 1 amide bonds. The molecule has 16 heavy (non-hydrogen) atoms. The summed E-state index contributed by atoms with van der Waals surface area (Å²) in [5, 5.41) is 13.4. The summed E-state index contributed by atoms with van der Waals surface area (Å²) in [6, 6.07) is 3.66. The van der Waals surface area contributed by atoms with Crippen molar-refractivity contribution in [2.75, 3.05) is 0 Å². The van der Waals surface area contributed by atoms with Crippen LogP contribution >= 0.6 is 0 Å². The van der Waals surface area contributed by atoms with Crippen LogP contribution in [0, 0.1) is 0 Å². The first kappa shape index (κ1) is 10.4. The van der Waals surface area contributed by atoms with E-state index in [1.807, 2.05) is 18.3 Å². The van der Waals surface area contributed by atoms with Gasteiger partial charge in [-0.3, -0.25) is 14.6 Å². The highest BCUT2D eigenvalue weighted by molar-refractivity contribution is 5.75. The maximum atomic E-state index is 11.4. The Labute approximate surface area is 92.7 Å². The predicted molar refractivity (Wildman–Crippen MR) is 57.3 cm³/mol. The van der Waals surface area contributed by atoms with Crippen LogP contribution in [-0.2, 0) is 17.9 Å². The normalized spacial score (nSPS) is 10.2. The third-order valence-electron chi connectivity index (χ3n) is 2.16. The Kier molecular flexibility index (Phi) is 3.32. The highest BCUT2D eigenvalue weighted by Gasteiger charge is 2.02. The lowest BCUT2D eigenvalue weighted by Gasteiger charge is -2.03. The molecular weight excluding hydrogens is 206 g/mol. The van der Waals surface area contributed by atoms with Crippen molar-refractivity contribution in [2.24, 2.45) is 0 Å². The van der Waals surface area contributed by atoms with E-state index in [4.69, 9.17) is 0 Å². The number of aromatic nitrogens is 4. The minimum atomic E-state index is 0.00472. The van der Waals surface area contributed by atoms with E-state index in [9.17, 15) is 4.79 Å². The molecule has 0 saturated heterocycles. The van der Waals surface area contributed by atoms with Crippen molar-refractivity contribution < 1.29 is 4.79 Å². The molecule has 2 heterocycles. The number of aryl methyl sites for hydroxylation is 1.